The fourth-order valence-corrected chi connectivity index (χ4v) is 3.83. The van der Waals surface area contributed by atoms with Gasteiger partial charge in [-0.15, -0.1) is 11.3 Å². The zero-order valence-corrected chi connectivity index (χ0v) is 18.1. The highest BCUT2D eigenvalue weighted by molar-refractivity contribution is 7.15. The van der Waals surface area contributed by atoms with E-state index in [9.17, 15) is 14.4 Å². The Labute approximate surface area is 183 Å². The quantitative estimate of drug-likeness (QED) is 0.510. The molecule has 3 rings (SSSR count). The van der Waals surface area contributed by atoms with E-state index in [1.54, 1.807) is 49.6 Å². The smallest absolute Gasteiger partial charge is 0.341 e. The second-order valence-electron chi connectivity index (χ2n) is 6.68. The van der Waals surface area contributed by atoms with Crippen molar-refractivity contribution in [3.05, 3.63) is 58.2 Å². The van der Waals surface area contributed by atoms with Crippen LogP contribution in [0.2, 0.25) is 0 Å². The van der Waals surface area contributed by atoms with Gasteiger partial charge in [0.2, 0.25) is 0 Å². The third kappa shape index (κ3) is 5.13. The highest BCUT2D eigenvalue weighted by Crippen LogP contribution is 2.37. The Hall–Kier alpha value is -3.59. The maximum atomic E-state index is 12.6. The summed E-state index contributed by atoms with van der Waals surface area (Å²) in [7, 11) is 0. The molecule has 9 heteroatoms. The molecule has 8 nitrogen and oxygen atoms in total. The maximum Gasteiger partial charge on any atom is 0.341 e. The second kappa shape index (κ2) is 9.48. The number of anilines is 1. The lowest BCUT2D eigenvalue weighted by molar-refractivity contribution is -0.118. The molecule has 0 saturated heterocycles. The van der Waals surface area contributed by atoms with Gasteiger partial charge in [0, 0.05) is 10.9 Å². The first-order valence-electron chi connectivity index (χ1n) is 9.48. The fourth-order valence-electron chi connectivity index (χ4n) is 2.87. The summed E-state index contributed by atoms with van der Waals surface area (Å²) >= 11 is 1.17. The predicted octanol–water partition coefficient (Wildman–Crippen LogP) is 3.92. The van der Waals surface area contributed by atoms with Crippen LogP contribution >= 0.6 is 11.3 Å². The van der Waals surface area contributed by atoms with E-state index in [1.807, 2.05) is 6.92 Å². The summed E-state index contributed by atoms with van der Waals surface area (Å²) in [5.74, 6) is -0.328. The molecule has 31 heavy (non-hydrogen) atoms. The van der Waals surface area contributed by atoms with Crippen molar-refractivity contribution in [2.75, 3.05) is 18.5 Å². The number of nitrogens with two attached hydrogens (primary N) is 1. The number of furan rings is 1. The minimum absolute atomic E-state index is 0.178. The van der Waals surface area contributed by atoms with Gasteiger partial charge in [0.15, 0.2) is 6.61 Å². The van der Waals surface area contributed by atoms with Gasteiger partial charge in [-0.25, -0.2) is 4.79 Å². The van der Waals surface area contributed by atoms with Crippen molar-refractivity contribution in [1.82, 2.24) is 0 Å². The van der Waals surface area contributed by atoms with Gasteiger partial charge in [-0.3, -0.25) is 9.59 Å². The number of carbonyl (C=O) groups excluding carboxylic acids is 3. The van der Waals surface area contributed by atoms with E-state index in [0.29, 0.717) is 22.1 Å². The van der Waals surface area contributed by atoms with Crippen LogP contribution < -0.4 is 15.8 Å². The van der Waals surface area contributed by atoms with Crippen molar-refractivity contribution in [3.8, 4) is 17.1 Å². The number of esters is 1. The molecule has 0 radical (unpaired) electrons. The minimum atomic E-state index is -0.656. The van der Waals surface area contributed by atoms with Gasteiger partial charge in [0.1, 0.15) is 27.8 Å². The van der Waals surface area contributed by atoms with Crippen LogP contribution in [0.25, 0.3) is 11.3 Å². The van der Waals surface area contributed by atoms with Crippen molar-refractivity contribution in [1.29, 1.82) is 0 Å². The van der Waals surface area contributed by atoms with E-state index < -0.39 is 17.8 Å². The van der Waals surface area contributed by atoms with Gasteiger partial charge in [0.25, 0.3) is 11.8 Å². The number of rotatable bonds is 8. The van der Waals surface area contributed by atoms with Crippen LogP contribution in [-0.2, 0) is 9.53 Å². The second-order valence-corrected chi connectivity index (χ2v) is 7.56. The molecule has 0 unspecified atom stereocenters. The lowest BCUT2D eigenvalue weighted by atomic mass is 10.1. The number of ether oxygens (including phenoxy) is 2. The number of carbonyl (C=O) groups is 3. The summed E-state index contributed by atoms with van der Waals surface area (Å²) in [5.41, 5.74) is 7.13. The monoisotopic (exact) mass is 442 g/mol. The van der Waals surface area contributed by atoms with E-state index in [-0.39, 0.29) is 30.1 Å². The van der Waals surface area contributed by atoms with Crippen molar-refractivity contribution < 1.29 is 28.3 Å². The highest BCUT2D eigenvalue weighted by Gasteiger charge is 2.24. The lowest BCUT2D eigenvalue weighted by Gasteiger charge is -2.11. The zero-order chi connectivity index (χ0) is 22.5. The molecule has 2 amide bonds. The van der Waals surface area contributed by atoms with E-state index in [2.05, 4.69) is 5.32 Å². The number of primary amides is 1. The van der Waals surface area contributed by atoms with E-state index in [0.717, 1.165) is 5.56 Å². The van der Waals surface area contributed by atoms with Crippen LogP contribution in [0, 0.1) is 13.8 Å². The number of thiophene rings is 1. The van der Waals surface area contributed by atoms with Gasteiger partial charge in [-0.05, 0) is 50.6 Å². The molecule has 1 aromatic carbocycles. The Kier molecular flexibility index (Phi) is 6.76. The Morgan fingerprint density at radius 2 is 1.94 bits per heavy atom. The third-order valence-electron chi connectivity index (χ3n) is 4.29. The standard InChI is InChI=1S/C22H22N2O6S/c1-4-28-22(27)19-15(16-8-6-13(3)30-16)11-31-21(19)24-18(25)10-29-17-9-12(2)5-7-14(17)20(23)26/h5-9,11H,4,10H2,1-3H3,(H2,23,26)(H,24,25). The van der Waals surface area contributed by atoms with Crippen molar-refractivity contribution >= 4 is 34.1 Å². The number of benzene rings is 1. The molecule has 3 N–H and O–H groups in total. The SMILES string of the molecule is CCOC(=O)c1c(-c2ccc(C)o2)csc1NC(=O)COc1cc(C)ccc1C(N)=O. The van der Waals surface area contributed by atoms with Crippen LogP contribution in [-0.4, -0.2) is 31.0 Å². The van der Waals surface area contributed by atoms with E-state index in [1.165, 1.54) is 11.3 Å². The molecule has 0 aliphatic heterocycles. The molecule has 2 aromatic heterocycles. The van der Waals surface area contributed by atoms with Crippen LogP contribution in [0.15, 0.2) is 40.1 Å². The number of hydrogen-bond donors (Lipinski definition) is 2. The summed E-state index contributed by atoms with van der Waals surface area (Å²) in [5, 5.41) is 4.71. The molecule has 0 saturated carbocycles. The summed E-state index contributed by atoms with van der Waals surface area (Å²) < 4.78 is 16.3. The summed E-state index contributed by atoms with van der Waals surface area (Å²) in [4.78, 5) is 36.6. The minimum Gasteiger partial charge on any atom is -0.483 e. The third-order valence-corrected chi connectivity index (χ3v) is 5.19. The first-order chi connectivity index (χ1) is 14.8. The van der Waals surface area contributed by atoms with Gasteiger partial charge in [-0.2, -0.15) is 0 Å². The summed E-state index contributed by atoms with van der Waals surface area (Å²) in [6.07, 6.45) is 0. The topological polar surface area (TPSA) is 121 Å². The summed E-state index contributed by atoms with van der Waals surface area (Å²) in [6, 6.07) is 8.42. The van der Waals surface area contributed by atoms with Crippen LogP contribution in [0.4, 0.5) is 5.00 Å². The number of amides is 2. The number of nitrogens with one attached hydrogen (secondary N) is 1. The molecule has 0 aliphatic rings. The van der Waals surface area contributed by atoms with Gasteiger partial charge < -0.3 is 24.9 Å². The van der Waals surface area contributed by atoms with Gasteiger partial charge in [0.05, 0.1) is 12.2 Å². The molecule has 2 heterocycles. The molecular weight excluding hydrogens is 420 g/mol. The van der Waals surface area contributed by atoms with Crippen LogP contribution in [0.1, 0.15) is 39.0 Å². The Morgan fingerprint density at radius 3 is 2.58 bits per heavy atom. The first-order valence-corrected chi connectivity index (χ1v) is 10.4. The molecule has 0 fully saturated rings. The molecule has 162 valence electrons. The largest absolute Gasteiger partial charge is 0.483 e. The van der Waals surface area contributed by atoms with E-state index in [4.69, 9.17) is 19.6 Å². The van der Waals surface area contributed by atoms with E-state index >= 15 is 0 Å². The maximum absolute atomic E-state index is 12.6. The molecular formula is C22H22N2O6S. The predicted molar refractivity (Wildman–Crippen MR) is 117 cm³/mol. The average molecular weight is 442 g/mol. The Bertz CT molecular complexity index is 1130. The van der Waals surface area contributed by atoms with Crippen LogP contribution in [0.3, 0.4) is 0 Å². The Balaban J connectivity index is 1.80. The highest BCUT2D eigenvalue weighted by atomic mass is 32.1. The molecule has 0 spiro atoms. The van der Waals surface area contributed by atoms with Gasteiger partial charge >= 0.3 is 5.97 Å². The van der Waals surface area contributed by atoms with Crippen molar-refractivity contribution in [2.45, 2.75) is 20.8 Å². The van der Waals surface area contributed by atoms with Crippen molar-refractivity contribution in [3.63, 3.8) is 0 Å². The lowest BCUT2D eigenvalue weighted by Crippen LogP contribution is -2.22. The van der Waals surface area contributed by atoms with Crippen molar-refractivity contribution in [2.24, 2.45) is 5.73 Å². The Morgan fingerprint density at radius 1 is 1.16 bits per heavy atom. The zero-order valence-electron chi connectivity index (χ0n) is 17.3. The normalized spacial score (nSPS) is 10.5. The molecule has 0 atom stereocenters. The van der Waals surface area contributed by atoms with Gasteiger partial charge in [-0.1, -0.05) is 6.07 Å². The number of hydrogen-bond acceptors (Lipinski definition) is 7. The molecule has 3 aromatic rings. The van der Waals surface area contributed by atoms with Crippen LogP contribution in [0.5, 0.6) is 5.75 Å². The summed E-state index contributed by atoms with van der Waals surface area (Å²) in [6.45, 7) is 5.13. The number of aryl methyl sites for hydroxylation is 2. The fraction of sp³-hybridized carbons (Fsp3) is 0.227. The average Bonchev–Trinajstić information content (AvgIpc) is 3.32. The molecule has 0 bridgehead atoms. The molecule has 0 aliphatic carbocycles. The first kappa shape index (κ1) is 22.1.